The summed E-state index contributed by atoms with van der Waals surface area (Å²) >= 11 is 0. The number of phenols is 1. The molecule has 3 aliphatic heterocycles. The molecule has 38 heavy (non-hydrogen) atoms. The largest absolute Gasteiger partial charge is 0.507 e. The number of piperazine rings is 1. The zero-order valence-corrected chi connectivity index (χ0v) is 22.8. The lowest BCUT2D eigenvalue weighted by molar-refractivity contribution is -0.124. The number of hydrogen-bond donors (Lipinski definition) is 3. The van der Waals surface area contributed by atoms with E-state index in [0.717, 1.165) is 22.3 Å². The number of aryl methyl sites for hydroxylation is 1. The molecule has 4 N–H and O–H groups in total. The van der Waals surface area contributed by atoms with Crippen LogP contribution in [0.1, 0.15) is 55.5 Å². The van der Waals surface area contributed by atoms with Crippen LogP contribution < -0.4 is 11.1 Å². The third kappa shape index (κ3) is 3.58. The highest BCUT2D eigenvalue weighted by molar-refractivity contribution is 6.25. The van der Waals surface area contributed by atoms with Gasteiger partial charge in [0.25, 0.3) is 0 Å². The molecule has 9 heteroatoms. The molecule has 9 nitrogen and oxygen atoms in total. The Hall–Kier alpha value is -3.32. The summed E-state index contributed by atoms with van der Waals surface area (Å²) in [5, 5.41) is 24.7. The first-order valence-electron chi connectivity index (χ1n) is 13.1. The van der Waals surface area contributed by atoms with E-state index in [1.165, 1.54) is 0 Å². The van der Waals surface area contributed by atoms with Crippen LogP contribution in [0.15, 0.2) is 28.4 Å². The Morgan fingerprint density at radius 2 is 1.84 bits per heavy atom. The van der Waals surface area contributed by atoms with Crippen LogP contribution in [0.5, 0.6) is 5.75 Å². The Kier molecular flexibility index (Phi) is 6.33. The fourth-order valence-corrected chi connectivity index (χ4v) is 6.93. The molecule has 1 aromatic carbocycles. The Labute approximate surface area is 223 Å². The number of nitrogens with zero attached hydrogens (tertiary/aromatic N) is 3. The van der Waals surface area contributed by atoms with Gasteiger partial charge in [-0.2, -0.15) is 5.26 Å². The van der Waals surface area contributed by atoms with E-state index in [2.05, 4.69) is 22.4 Å². The van der Waals surface area contributed by atoms with Crippen LogP contribution >= 0.6 is 0 Å². The van der Waals surface area contributed by atoms with Crippen molar-refractivity contribution in [2.24, 2.45) is 5.73 Å². The number of hydrogen-bond acceptors (Lipinski definition) is 8. The highest BCUT2D eigenvalue weighted by atomic mass is 16.3. The number of nitrogens with two attached hydrogens (primary N) is 1. The quantitative estimate of drug-likeness (QED) is 0.513. The van der Waals surface area contributed by atoms with Gasteiger partial charge in [-0.05, 0) is 71.2 Å². The van der Waals surface area contributed by atoms with E-state index < -0.39 is 18.1 Å². The average molecular weight is 518 g/mol. The fourth-order valence-electron chi connectivity index (χ4n) is 6.93. The lowest BCUT2D eigenvalue weighted by Crippen LogP contribution is -2.71. The molecule has 1 amide bonds. The maximum absolute atomic E-state index is 13.7. The van der Waals surface area contributed by atoms with Gasteiger partial charge in [0.05, 0.1) is 24.2 Å². The summed E-state index contributed by atoms with van der Waals surface area (Å²) in [6.45, 7) is 8.82. The number of carbonyl (C=O) groups is 3. The first kappa shape index (κ1) is 26.3. The third-order valence-electron chi connectivity index (χ3n) is 9.27. The van der Waals surface area contributed by atoms with Crippen LogP contribution in [0.25, 0.3) is 0 Å². The minimum atomic E-state index is -0.746. The number of likely N-dealkylation sites (N-methyl/N-ethyl adjacent to an activating group) is 1. The lowest BCUT2D eigenvalue weighted by atomic mass is 9.69. The number of rotatable bonds is 3. The molecule has 4 aliphatic rings. The summed E-state index contributed by atoms with van der Waals surface area (Å²) in [5.41, 5.74) is 11.1. The lowest BCUT2D eigenvalue weighted by Gasteiger charge is -2.60. The number of Topliss-reactive ketones (excluding diaryl/α,β-unsaturated/α-hetero) is 2. The van der Waals surface area contributed by atoms with Gasteiger partial charge < -0.3 is 16.2 Å². The topological polar surface area (TPSA) is 140 Å². The van der Waals surface area contributed by atoms with Crippen LogP contribution in [0.2, 0.25) is 0 Å². The Balaban J connectivity index is 1.72. The molecular weight excluding hydrogens is 482 g/mol. The number of aromatic hydroxyl groups is 1. The summed E-state index contributed by atoms with van der Waals surface area (Å²) in [4.78, 5) is 43.9. The van der Waals surface area contributed by atoms with Gasteiger partial charge in [0, 0.05) is 46.5 Å². The van der Waals surface area contributed by atoms with Gasteiger partial charge in [-0.25, -0.2) is 0 Å². The maximum atomic E-state index is 13.7. The molecule has 0 radical (unpaired) electrons. The first-order chi connectivity index (χ1) is 17.9. The molecule has 2 bridgehead atoms. The van der Waals surface area contributed by atoms with E-state index >= 15 is 0 Å². The van der Waals surface area contributed by atoms with Crippen molar-refractivity contribution in [2.75, 3.05) is 13.6 Å². The second kappa shape index (κ2) is 9.16. The second-order valence-corrected chi connectivity index (χ2v) is 11.3. The minimum absolute atomic E-state index is 0.0498. The highest BCUT2D eigenvalue weighted by Gasteiger charge is 2.57. The zero-order valence-electron chi connectivity index (χ0n) is 22.8. The van der Waals surface area contributed by atoms with Gasteiger partial charge in [-0.1, -0.05) is 6.07 Å². The monoisotopic (exact) mass is 517 g/mol. The third-order valence-corrected chi connectivity index (χ3v) is 9.27. The number of fused-ring (bicyclic) bond motifs is 6. The molecule has 200 valence electrons. The van der Waals surface area contributed by atoms with Crippen LogP contribution in [0, 0.1) is 25.2 Å². The number of nitrogens with one attached hydrogen (secondary N) is 1. The van der Waals surface area contributed by atoms with Gasteiger partial charge in [0.2, 0.25) is 5.91 Å². The zero-order chi connectivity index (χ0) is 27.8. The molecule has 5 rings (SSSR count). The summed E-state index contributed by atoms with van der Waals surface area (Å²) < 4.78 is 0. The summed E-state index contributed by atoms with van der Waals surface area (Å²) in [7, 11) is 1.97. The normalized spacial score (nSPS) is 29.9. The standard InChI is InChI=1S/C29H35N5O4/c1-12-7-17-8-19-21(10-30)34-20(25(33(19)6)23(17)27(36)13(12)2)9-18-24(22(34)11-32-29(38)16(5)31)28(37)15(4)14(3)26(18)35/h7,16,19-22,25,36H,8-9,11,31H2,1-6H3,(H,32,38)/t16-,19?,20+,21+,22+,25?/m1/s1. The van der Waals surface area contributed by atoms with Gasteiger partial charge in [0.1, 0.15) is 11.8 Å². The van der Waals surface area contributed by atoms with E-state index in [4.69, 9.17) is 5.73 Å². The van der Waals surface area contributed by atoms with Crippen LogP contribution in [0.4, 0.5) is 0 Å². The molecule has 1 saturated heterocycles. The number of amides is 1. The van der Waals surface area contributed by atoms with Crippen molar-refractivity contribution in [2.45, 2.75) is 83.7 Å². The molecule has 1 fully saturated rings. The number of carbonyl (C=O) groups excluding carboxylic acids is 3. The Morgan fingerprint density at radius 3 is 2.47 bits per heavy atom. The molecule has 6 atom stereocenters. The SMILES string of the molecule is CC1=C(C)C(=O)C2=C(C[C@H]3C4c5c(cc(C)c(C)c5O)CC([C@H](C#N)N3[C@H]2CNC(=O)[C@@H](C)N)N4C)C1=O. The molecule has 2 unspecified atom stereocenters. The second-order valence-electron chi connectivity index (χ2n) is 11.3. The fraction of sp³-hybridized carbons (Fsp3) is 0.517. The van der Waals surface area contributed by atoms with Crippen molar-refractivity contribution in [3.63, 3.8) is 0 Å². The van der Waals surface area contributed by atoms with Gasteiger partial charge in [-0.3, -0.25) is 24.2 Å². The minimum Gasteiger partial charge on any atom is -0.507 e. The highest BCUT2D eigenvalue weighted by Crippen LogP contribution is 2.52. The van der Waals surface area contributed by atoms with Gasteiger partial charge in [-0.15, -0.1) is 0 Å². The molecular formula is C29H35N5O4. The van der Waals surface area contributed by atoms with E-state index in [1.54, 1.807) is 20.8 Å². The van der Waals surface area contributed by atoms with Crippen molar-refractivity contribution >= 4 is 17.5 Å². The Morgan fingerprint density at radius 1 is 1.18 bits per heavy atom. The van der Waals surface area contributed by atoms with Crippen molar-refractivity contribution < 1.29 is 19.5 Å². The summed E-state index contributed by atoms with van der Waals surface area (Å²) in [5.74, 6) is -0.514. The van der Waals surface area contributed by atoms with Crippen LogP contribution in [-0.4, -0.2) is 76.2 Å². The summed E-state index contributed by atoms with van der Waals surface area (Å²) in [6.07, 6.45) is 0.835. The molecule has 0 spiro atoms. The number of benzene rings is 1. The molecule has 1 aliphatic carbocycles. The maximum Gasteiger partial charge on any atom is 0.236 e. The average Bonchev–Trinajstić information content (AvgIpc) is 2.88. The number of nitriles is 1. The number of allylic oxidation sites excluding steroid dienone is 2. The van der Waals surface area contributed by atoms with Crippen LogP contribution in [0.3, 0.4) is 0 Å². The molecule has 0 aromatic heterocycles. The van der Waals surface area contributed by atoms with Gasteiger partial charge in [0.15, 0.2) is 11.6 Å². The van der Waals surface area contributed by atoms with Crippen molar-refractivity contribution in [1.82, 2.24) is 15.1 Å². The molecule has 1 aromatic rings. The van der Waals surface area contributed by atoms with E-state index in [-0.39, 0.29) is 54.3 Å². The van der Waals surface area contributed by atoms with Crippen molar-refractivity contribution in [1.29, 1.82) is 5.26 Å². The number of phenolic OH excluding ortho intramolecular Hbond substituents is 1. The molecule has 0 saturated carbocycles. The predicted octanol–water partition coefficient (Wildman–Crippen LogP) is 1.50. The Bertz CT molecular complexity index is 1380. The van der Waals surface area contributed by atoms with E-state index in [0.29, 0.717) is 28.7 Å². The van der Waals surface area contributed by atoms with Crippen molar-refractivity contribution in [3.8, 4) is 11.8 Å². The smallest absolute Gasteiger partial charge is 0.236 e. The van der Waals surface area contributed by atoms with E-state index in [9.17, 15) is 24.8 Å². The number of ketones is 2. The van der Waals surface area contributed by atoms with Crippen LogP contribution in [-0.2, 0) is 20.8 Å². The summed E-state index contributed by atoms with van der Waals surface area (Å²) in [6, 6.07) is 1.71. The van der Waals surface area contributed by atoms with Crippen molar-refractivity contribution in [3.05, 3.63) is 50.6 Å². The molecule has 3 heterocycles. The van der Waals surface area contributed by atoms with E-state index in [1.807, 2.05) is 25.8 Å². The predicted molar refractivity (Wildman–Crippen MR) is 141 cm³/mol. The van der Waals surface area contributed by atoms with Gasteiger partial charge >= 0.3 is 0 Å². The first-order valence-corrected chi connectivity index (χ1v) is 13.1.